The van der Waals surface area contributed by atoms with Crippen LogP contribution in [-0.4, -0.2) is 40.6 Å². The lowest BCUT2D eigenvalue weighted by molar-refractivity contribution is -0.140. The van der Waals surface area contributed by atoms with Crippen LogP contribution in [-0.2, 0) is 9.63 Å². The van der Waals surface area contributed by atoms with Crippen LogP contribution >= 0.6 is 0 Å². The van der Waals surface area contributed by atoms with Crippen molar-refractivity contribution in [1.29, 1.82) is 0 Å². The Bertz CT molecular complexity index is 508. The van der Waals surface area contributed by atoms with Crippen molar-refractivity contribution in [3.63, 3.8) is 0 Å². The van der Waals surface area contributed by atoms with Gasteiger partial charge in [-0.2, -0.15) is 0 Å². The largest absolute Gasteiger partial charge is 0.480 e. The molecule has 0 saturated carbocycles. The van der Waals surface area contributed by atoms with Gasteiger partial charge in [0.15, 0.2) is 0 Å². The number of nitrogens with two attached hydrogens (primary N) is 1. The lowest BCUT2D eigenvalue weighted by Gasteiger charge is -2.14. The monoisotopic (exact) mass is 264 g/mol. The summed E-state index contributed by atoms with van der Waals surface area (Å²) in [6.07, 6.45) is 0.00272. The number of hydrogen-bond donors (Lipinski definition) is 2. The maximum absolute atomic E-state index is 11.8. The summed E-state index contributed by atoms with van der Waals surface area (Å²) in [5.41, 5.74) is 5.83. The van der Waals surface area contributed by atoms with Crippen molar-refractivity contribution in [2.24, 2.45) is 5.73 Å². The molecule has 1 aromatic rings. The Morgan fingerprint density at radius 1 is 1.26 bits per heavy atom. The molecule has 0 saturated heterocycles. The molecule has 1 aliphatic rings. The third-order valence-electron chi connectivity index (χ3n) is 2.72. The average molecular weight is 264 g/mol. The topological polar surface area (TPSA) is 110 Å². The van der Waals surface area contributed by atoms with Gasteiger partial charge in [0, 0.05) is 0 Å². The maximum Gasteiger partial charge on any atom is 0.320 e. The third-order valence-corrected chi connectivity index (χ3v) is 2.72. The first-order valence-corrected chi connectivity index (χ1v) is 5.61. The van der Waals surface area contributed by atoms with Crippen molar-refractivity contribution < 1.29 is 24.3 Å². The van der Waals surface area contributed by atoms with Crippen LogP contribution in [0.2, 0.25) is 0 Å². The zero-order chi connectivity index (χ0) is 14.0. The van der Waals surface area contributed by atoms with Crippen molar-refractivity contribution in [3.8, 4) is 0 Å². The molecule has 2 rings (SSSR count). The molecule has 7 nitrogen and oxygen atoms in total. The highest BCUT2D eigenvalue weighted by molar-refractivity contribution is 6.20. The zero-order valence-corrected chi connectivity index (χ0v) is 9.91. The number of carbonyl (C=O) groups excluding carboxylic acids is 2. The second-order valence-corrected chi connectivity index (χ2v) is 4.02. The molecule has 0 aromatic heterocycles. The summed E-state index contributed by atoms with van der Waals surface area (Å²) in [5, 5.41) is 9.23. The fraction of sp³-hybridized carbons (Fsp3) is 0.250. The first-order chi connectivity index (χ1) is 9.02. The van der Waals surface area contributed by atoms with Gasteiger partial charge in [0.05, 0.1) is 17.7 Å². The molecule has 100 valence electrons. The molecule has 0 aliphatic carbocycles. The van der Waals surface area contributed by atoms with Crippen molar-refractivity contribution in [2.75, 3.05) is 6.61 Å². The SMILES string of the molecule is NC(CCON1C(=O)c2ccccc2C1=O)C(=O)O. The highest BCUT2D eigenvalue weighted by Gasteiger charge is 2.36. The van der Waals surface area contributed by atoms with E-state index in [1.807, 2.05) is 0 Å². The van der Waals surface area contributed by atoms with E-state index < -0.39 is 23.8 Å². The number of carbonyl (C=O) groups is 3. The number of amides is 2. The molecular weight excluding hydrogens is 252 g/mol. The second-order valence-electron chi connectivity index (χ2n) is 4.02. The Hall–Kier alpha value is -2.25. The molecular formula is C12H12N2O5. The molecule has 0 bridgehead atoms. The van der Waals surface area contributed by atoms with E-state index in [2.05, 4.69) is 0 Å². The maximum atomic E-state index is 11.8. The number of hydrogen-bond acceptors (Lipinski definition) is 5. The van der Waals surface area contributed by atoms with E-state index in [-0.39, 0.29) is 24.2 Å². The number of rotatable bonds is 5. The Morgan fingerprint density at radius 2 is 1.79 bits per heavy atom. The molecule has 3 N–H and O–H groups in total. The second kappa shape index (κ2) is 5.17. The van der Waals surface area contributed by atoms with Gasteiger partial charge in [0.25, 0.3) is 11.8 Å². The van der Waals surface area contributed by atoms with Crippen molar-refractivity contribution >= 4 is 17.8 Å². The van der Waals surface area contributed by atoms with Gasteiger partial charge < -0.3 is 10.8 Å². The van der Waals surface area contributed by atoms with Gasteiger partial charge in [-0.1, -0.05) is 12.1 Å². The molecule has 1 atom stereocenters. The average Bonchev–Trinajstić information content (AvgIpc) is 2.64. The van der Waals surface area contributed by atoms with Gasteiger partial charge in [0.1, 0.15) is 6.04 Å². The summed E-state index contributed by atoms with van der Waals surface area (Å²) in [7, 11) is 0. The van der Waals surface area contributed by atoms with Crippen LogP contribution in [0.1, 0.15) is 27.1 Å². The van der Waals surface area contributed by atoms with Crippen molar-refractivity contribution in [2.45, 2.75) is 12.5 Å². The standard InChI is InChI=1S/C12H12N2O5/c13-9(12(17)18)5-6-19-14-10(15)7-3-1-2-4-8(7)11(14)16/h1-4,9H,5-6,13H2,(H,17,18). The number of aliphatic carboxylic acids is 1. The highest BCUT2D eigenvalue weighted by Crippen LogP contribution is 2.22. The minimum Gasteiger partial charge on any atom is -0.480 e. The number of carboxylic acids is 1. The summed E-state index contributed by atoms with van der Waals surface area (Å²) in [5.74, 6) is -2.26. The Balaban J connectivity index is 1.99. The lowest BCUT2D eigenvalue weighted by atomic mass is 10.1. The quantitative estimate of drug-likeness (QED) is 0.725. The van der Waals surface area contributed by atoms with E-state index in [0.29, 0.717) is 5.06 Å². The first kappa shape index (κ1) is 13.2. The summed E-state index contributed by atoms with van der Waals surface area (Å²) in [6, 6.07) is 5.26. The Kier molecular flexibility index (Phi) is 3.59. The summed E-state index contributed by atoms with van der Waals surface area (Å²) < 4.78 is 0. The molecule has 1 heterocycles. The molecule has 0 radical (unpaired) electrons. The normalized spacial score (nSPS) is 15.5. The number of benzene rings is 1. The molecule has 0 spiro atoms. The third kappa shape index (κ3) is 2.47. The summed E-state index contributed by atoms with van der Waals surface area (Å²) >= 11 is 0. The predicted molar refractivity (Wildman–Crippen MR) is 63.1 cm³/mol. The Labute approximate surface area is 108 Å². The van der Waals surface area contributed by atoms with Crippen molar-refractivity contribution in [3.05, 3.63) is 35.4 Å². The summed E-state index contributed by atoms with van der Waals surface area (Å²) in [4.78, 5) is 39.2. The zero-order valence-electron chi connectivity index (χ0n) is 9.91. The minimum absolute atomic E-state index is 0.00272. The number of carboxylic acid groups (broad SMARTS) is 1. The first-order valence-electron chi connectivity index (χ1n) is 5.61. The molecule has 1 unspecified atom stereocenters. The highest BCUT2D eigenvalue weighted by atomic mass is 16.7. The van der Waals surface area contributed by atoms with E-state index in [4.69, 9.17) is 15.7 Å². The number of fused-ring (bicyclic) bond motifs is 1. The fourth-order valence-electron chi connectivity index (χ4n) is 1.68. The van der Waals surface area contributed by atoms with E-state index in [0.717, 1.165) is 0 Å². The molecule has 0 fully saturated rings. The number of imide groups is 1. The van der Waals surface area contributed by atoms with Gasteiger partial charge in [-0.3, -0.25) is 19.2 Å². The van der Waals surface area contributed by atoms with Crippen LogP contribution in [0.25, 0.3) is 0 Å². The van der Waals surface area contributed by atoms with Crippen LogP contribution < -0.4 is 5.73 Å². The number of hydroxylamine groups is 2. The molecule has 19 heavy (non-hydrogen) atoms. The predicted octanol–water partition coefficient (Wildman–Crippen LogP) is 0.0162. The van der Waals surface area contributed by atoms with Crippen LogP contribution in [0, 0.1) is 0 Å². The fourth-order valence-corrected chi connectivity index (χ4v) is 1.68. The van der Waals surface area contributed by atoms with Gasteiger partial charge >= 0.3 is 5.97 Å². The van der Waals surface area contributed by atoms with E-state index in [1.165, 1.54) is 12.1 Å². The van der Waals surface area contributed by atoms with E-state index in [1.54, 1.807) is 12.1 Å². The molecule has 1 aromatic carbocycles. The molecule has 1 aliphatic heterocycles. The van der Waals surface area contributed by atoms with Gasteiger partial charge in [-0.15, -0.1) is 5.06 Å². The van der Waals surface area contributed by atoms with Gasteiger partial charge in [0.2, 0.25) is 0 Å². The van der Waals surface area contributed by atoms with Crippen LogP contribution in [0.15, 0.2) is 24.3 Å². The molecule has 7 heteroatoms. The van der Waals surface area contributed by atoms with Crippen molar-refractivity contribution in [1.82, 2.24) is 5.06 Å². The van der Waals surface area contributed by atoms with Gasteiger partial charge in [-0.05, 0) is 18.6 Å². The van der Waals surface area contributed by atoms with E-state index in [9.17, 15) is 14.4 Å². The minimum atomic E-state index is -1.16. The van der Waals surface area contributed by atoms with E-state index >= 15 is 0 Å². The van der Waals surface area contributed by atoms with Crippen LogP contribution in [0.5, 0.6) is 0 Å². The lowest BCUT2D eigenvalue weighted by Crippen LogP contribution is -2.35. The van der Waals surface area contributed by atoms with Gasteiger partial charge in [-0.25, -0.2) is 0 Å². The van der Waals surface area contributed by atoms with Crippen LogP contribution in [0.4, 0.5) is 0 Å². The summed E-state index contributed by atoms with van der Waals surface area (Å²) in [6.45, 7) is -0.126. The molecule has 2 amide bonds. The number of nitrogens with zero attached hydrogens (tertiary/aromatic N) is 1. The smallest absolute Gasteiger partial charge is 0.320 e. The van der Waals surface area contributed by atoms with Crippen LogP contribution in [0.3, 0.4) is 0 Å². The Morgan fingerprint density at radius 3 is 2.26 bits per heavy atom.